The minimum Gasteiger partial charge on any atom is -0.311 e. The van der Waals surface area contributed by atoms with E-state index < -0.39 is 8.07 Å². The van der Waals surface area contributed by atoms with Crippen molar-refractivity contribution < 1.29 is 0 Å². The SMILES string of the molecule is c1ccc(-c2ccc(N(c3cccc(-c4ccccc4)c3)c3ccc4c(c3)N(c3ccccc3)c3ccccc3[Si]4(c3ccccc3)c3ccccc3)cc2)cc1. The van der Waals surface area contributed by atoms with Crippen LogP contribution in [0.1, 0.15) is 0 Å². The van der Waals surface area contributed by atoms with Crippen molar-refractivity contribution in [3.8, 4) is 22.3 Å². The van der Waals surface area contributed by atoms with Gasteiger partial charge in [0, 0.05) is 34.1 Å². The quantitative estimate of drug-likeness (QED) is 0.143. The second-order valence-electron chi connectivity index (χ2n) is 14.5. The maximum atomic E-state index is 2.49. The molecule has 0 amide bonds. The molecule has 0 spiro atoms. The van der Waals surface area contributed by atoms with E-state index in [0.717, 1.165) is 22.7 Å². The van der Waals surface area contributed by atoms with Gasteiger partial charge in [-0.15, -0.1) is 0 Å². The molecule has 0 saturated carbocycles. The van der Waals surface area contributed by atoms with Gasteiger partial charge in [-0.1, -0.05) is 188 Å². The van der Waals surface area contributed by atoms with Crippen molar-refractivity contribution in [3.63, 3.8) is 0 Å². The second kappa shape index (κ2) is 14.8. The van der Waals surface area contributed by atoms with Gasteiger partial charge in [0.25, 0.3) is 0 Å². The highest BCUT2D eigenvalue weighted by atomic mass is 28.3. The van der Waals surface area contributed by atoms with Gasteiger partial charge in [-0.25, -0.2) is 0 Å². The third-order valence-corrected chi connectivity index (χ3v) is 16.2. The average Bonchev–Trinajstić information content (AvgIpc) is 3.30. The summed E-state index contributed by atoms with van der Waals surface area (Å²) in [6, 6.07) is 88.9. The molecule has 0 bridgehead atoms. The van der Waals surface area contributed by atoms with Crippen LogP contribution in [0.15, 0.2) is 243 Å². The molecule has 270 valence electrons. The zero-order chi connectivity index (χ0) is 38.0. The van der Waals surface area contributed by atoms with Gasteiger partial charge in [0.05, 0.1) is 0 Å². The lowest BCUT2D eigenvalue weighted by atomic mass is 10.0. The Morgan fingerprint density at radius 1 is 0.298 bits per heavy atom. The van der Waals surface area contributed by atoms with Gasteiger partial charge in [-0.2, -0.15) is 0 Å². The maximum absolute atomic E-state index is 2.83. The third kappa shape index (κ3) is 6.06. The van der Waals surface area contributed by atoms with Crippen LogP contribution in [0, 0.1) is 0 Å². The molecule has 2 nitrogen and oxygen atoms in total. The number of anilines is 6. The van der Waals surface area contributed by atoms with Gasteiger partial charge in [0.15, 0.2) is 8.07 Å². The molecule has 1 aliphatic heterocycles. The molecule has 57 heavy (non-hydrogen) atoms. The summed E-state index contributed by atoms with van der Waals surface area (Å²) in [5.74, 6) is 0. The summed E-state index contributed by atoms with van der Waals surface area (Å²) in [6.07, 6.45) is 0. The number of nitrogens with zero attached hydrogens (tertiary/aromatic N) is 2. The Labute approximate surface area is 336 Å². The van der Waals surface area contributed by atoms with Gasteiger partial charge in [0.2, 0.25) is 0 Å². The Morgan fingerprint density at radius 2 is 0.754 bits per heavy atom. The van der Waals surface area contributed by atoms with Crippen molar-refractivity contribution in [3.05, 3.63) is 243 Å². The first-order chi connectivity index (χ1) is 28.3. The summed E-state index contributed by atoms with van der Waals surface area (Å²) in [5, 5.41) is 5.49. The summed E-state index contributed by atoms with van der Waals surface area (Å²) in [6.45, 7) is 0. The first-order valence-corrected chi connectivity index (χ1v) is 21.6. The van der Waals surface area contributed by atoms with E-state index >= 15 is 0 Å². The van der Waals surface area contributed by atoms with E-state index in [1.165, 1.54) is 54.4 Å². The van der Waals surface area contributed by atoms with Crippen molar-refractivity contribution in [1.29, 1.82) is 0 Å². The molecule has 0 aromatic heterocycles. The smallest absolute Gasteiger partial charge is 0.184 e. The molecule has 9 aromatic carbocycles. The first kappa shape index (κ1) is 34.3. The summed E-state index contributed by atoms with van der Waals surface area (Å²) in [4.78, 5) is 4.90. The van der Waals surface area contributed by atoms with Crippen LogP contribution in [0.5, 0.6) is 0 Å². The predicted molar refractivity (Wildman–Crippen MR) is 244 cm³/mol. The van der Waals surface area contributed by atoms with Crippen LogP contribution in [-0.2, 0) is 0 Å². The minimum atomic E-state index is -2.83. The summed E-state index contributed by atoms with van der Waals surface area (Å²) >= 11 is 0. The van der Waals surface area contributed by atoms with E-state index in [4.69, 9.17) is 0 Å². The molecular weight excluding hydrogens is 705 g/mol. The zero-order valence-corrected chi connectivity index (χ0v) is 32.5. The third-order valence-electron chi connectivity index (χ3n) is 11.3. The van der Waals surface area contributed by atoms with Crippen LogP contribution in [0.25, 0.3) is 22.3 Å². The standard InChI is InChI=1S/C54H40N2Si/c1-6-19-41(20-7-1)43-33-35-46(36-34-43)55(47-26-18-23-44(39-47)42-21-8-2-9-22-42)48-37-38-54-52(40-48)56(45-24-10-3-11-25-45)51-31-16-17-32-53(51)57(54,49-27-12-4-13-28-49)50-29-14-5-15-30-50/h1-40H. The summed E-state index contributed by atoms with van der Waals surface area (Å²) in [5.41, 5.74) is 11.6. The van der Waals surface area contributed by atoms with Crippen molar-refractivity contribution >= 4 is 62.9 Å². The molecule has 10 rings (SSSR count). The van der Waals surface area contributed by atoms with Crippen LogP contribution >= 0.6 is 0 Å². The Balaban J connectivity index is 1.24. The molecule has 1 aliphatic rings. The van der Waals surface area contributed by atoms with Gasteiger partial charge in [-0.3, -0.25) is 0 Å². The van der Waals surface area contributed by atoms with E-state index in [9.17, 15) is 0 Å². The Kier molecular flexibility index (Phi) is 8.90. The highest BCUT2D eigenvalue weighted by Crippen LogP contribution is 2.43. The average molecular weight is 745 g/mol. The van der Waals surface area contributed by atoms with Crippen LogP contribution in [0.4, 0.5) is 34.1 Å². The fourth-order valence-electron chi connectivity index (χ4n) is 8.78. The van der Waals surface area contributed by atoms with Crippen molar-refractivity contribution in [2.45, 2.75) is 0 Å². The predicted octanol–water partition coefficient (Wildman–Crippen LogP) is 11.7. The van der Waals surface area contributed by atoms with Gasteiger partial charge < -0.3 is 9.80 Å². The zero-order valence-electron chi connectivity index (χ0n) is 31.5. The molecule has 0 saturated heterocycles. The van der Waals surface area contributed by atoms with Gasteiger partial charge in [-0.05, 0) is 97.6 Å². The number of para-hydroxylation sites is 2. The fourth-order valence-corrected chi connectivity index (χ4v) is 13.9. The normalized spacial score (nSPS) is 12.7. The van der Waals surface area contributed by atoms with E-state index in [-0.39, 0.29) is 0 Å². The second-order valence-corrected chi connectivity index (χ2v) is 18.3. The number of rotatable bonds is 8. The van der Waals surface area contributed by atoms with E-state index in [1.807, 2.05) is 0 Å². The molecule has 9 aromatic rings. The molecule has 0 unspecified atom stereocenters. The van der Waals surface area contributed by atoms with Crippen LogP contribution in [0.2, 0.25) is 0 Å². The largest absolute Gasteiger partial charge is 0.311 e. The molecule has 0 N–H and O–H groups in total. The first-order valence-electron chi connectivity index (χ1n) is 19.6. The Morgan fingerprint density at radius 3 is 1.39 bits per heavy atom. The Bertz CT molecular complexity index is 2730. The van der Waals surface area contributed by atoms with Crippen LogP contribution in [-0.4, -0.2) is 8.07 Å². The molecule has 0 aliphatic carbocycles. The fraction of sp³-hybridized carbons (Fsp3) is 0. The molecule has 1 heterocycles. The van der Waals surface area contributed by atoms with E-state index in [0.29, 0.717) is 0 Å². The molecular formula is C54H40N2Si. The molecule has 0 radical (unpaired) electrons. The molecule has 3 heteroatoms. The van der Waals surface area contributed by atoms with E-state index in [1.54, 1.807) is 0 Å². The van der Waals surface area contributed by atoms with Gasteiger partial charge >= 0.3 is 0 Å². The van der Waals surface area contributed by atoms with Crippen LogP contribution in [0.3, 0.4) is 0 Å². The topological polar surface area (TPSA) is 6.48 Å². The number of hydrogen-bond acceptors (Lipinski definition) is 2. The lowest BCUT2D eigenvalue weighted by Crippen LogP contribution is -2.77. The maximum Gasteiger partial charge on any atom is 0.184 e. The number of hydrogen-bond donors (Lipinski definition) is 0. The van der Waals surface area contributed by atoms with Crippen molar-refractivity contribution in [2.75, 3.05) is 9.80 Å². The Hall–Kier alpha value is -7.20. The number of benzene rings is 9. The molecule has 0 fully saturated rings. The summed E-state index contributed by atoms with van der Waals surface area (Å²) < 4.78 is 0. The minimum absolute atomic E-state index is 1.09. The van der Waals surface area contributed by atoms with Crippen molar-refractivity contribution in [1.82, 2.24) is 0 Å². The molecule has 0 atom stereocenters. The summed E-state index contributed by atoms with van der Waals surface area (Å²) in [7, 11) is -2.83. The lowest BCUT2D eigenvalue weighted by Gasteiger charge is -2.45. The monoisotopic (exact) mass is 744 g/mol. The van der Waals surface area contributed by atoms with Crippen LogP contribution < -0.4 is 30.5 Å². The van der Waals surface area contributed by atoms with Gasteiger partial charge in [0.1, 0.15) is 0 Å². The highest BCUT2D eigenvalue weighted by Gasteiger charge is 2.49. The van der Waals surface area contributed by atoms with E-state index in [2.05, 4.69) is 252 Å². The highest BCUT2D eigenvalue weighted by molar-refractivity contribution is 7.21. The van der Waals surface area contributed by atoms with Crippen molar-refractivity contribution in [2.24, 2.45) is 0 Å². The lowest BCUT2D eigenvalue weighted by molar-refractivity contribution is 1.25. The number of fused-ring (bicyclic) bond motifs is 2.